The fraction of sp³-hybridized carbons (Fsp3) is 0. The van der Waals surface area contributed by atoms with E-state index in [9.17, 15) is 17.6 Å². The maximum absolute atomic E-state index is 12.8. The van der Waals surface area contributed by atoms with Gasteiger partial charge in [0.25, 0.3) is 5.91 Å². The summed E-state index contributed by atoms with van der Waals surface area (Å²) in [6.45, 7) is 0. The second-order valence-electron chi connectivity index (χ2n) is 4.15. The summed E-state index contributed by atoms with van der Waals surface area (Å²) >= 11 is 3.08. The van der Waals surface area contributed by atoms with Crippen LogP contribution in [0.1, 0.15) is 10.4 Å². The summed E-state index contributed by atoms with van der Waals surface area (Å²) in [6.07, 6.45) is 0. The number of sulfonamides is 1. The van der Waals surface area contributed by atoms with Gasteiger partial charge in [0.1, 0.15) is 5.82 Å². The first-order valence-electron chi connectivity index (χ1n) is 5.66. The molecule has 3 N–H and O–H groups in total. The maximum Gasteiger partial charge on any atom is 0.255 e. The van der Waals surface area contributed by atoms with Crippen LogP contribution in [0.5, 0.6) is 0 Å². The van der Waals surface area contributed by atoms with E-state index in [1.165, 1.54) is 42.5 Å². The van der Waals surface area contributed by atoms with Crippen LogP contribution in [0, 0.1) is 5.82 Å². The van der Waals surface area contributed by atoms with Crippen molar-refractivity contribution >= 4 is 37.5 Å². The topological polar surface area (TPSA) is 89.3 Å². The summed E-state index contributed by atoms with van der Waals surface area (Å²) in [5.41, 5.74) is 0.659. The normalized spacial score (nSPS) is 11.2. The van der Waals surface area contributed by atoms with Crippen molar-refractivity contribution < 1.29 is 17.6 Å². The lowest BCUT2D eigenvalue weighted by Gasteiger charge is -2.08. The van der Waals surface area contributed by atoms with Gasteiger partial charge in [-0.1, -0.05) is 0 Å². The third kappa shape index (κ3) is 3.87. The number of primary sulfonamides is 1. The number of nitrogens with one attached hydrogen (secondary N) is 1. The molecule has 0 bridgehead atoms. The molecule has 21 heavy (non-hydrogen) atoms. The van der Waals surface area contributed by atoms with E-state index in [1.807, 2.05) is 0 Å². The highest BCUT2D eigenvalue weighted by atomic mass is 79.9. The lowest BCUT2D eigenvalue weighted by Crippen LogP contribution is -2.14. The van der Waals surface area contributed by atoms with Gasteiger partial charge in [-0.25, -0.2) is 17.9 Å². The average Bonchev–Trinajstić information content (AvgIpc) is 2.37. The molecule has 0 saturated carbocycles. The quantitative estimate of drug-likeness (QED) is 0.866. The van der Waals surface area contributed by atoms with Gasteiger partial charge in [0.2, 0.25) is 10.0 Å². The molecule has 8 heteroatoms. The van der Waals surface area contributed by atoms with Gasteiger partial charge in [-0.3, -0.25) is 4.79 Å². The van der Waals surface area contributed by atoms with Crippen LogP contribution in [0.15, 0.2) is 51.8 Å². The molecule has 0 aliphatic heterocycles. The fourth-order valence-corrected chi connectivity index (χ4v) is 3.26. The Morgan fingerprint density at radius 3 is 2.29 bits per heavy atom. The van der Waals surface area contributed by atoms with Crippen LogP contribution in [0.2, 0.25) is 0 Å². The van der Waals surface area contributed by atoms with Crippen molar-refractivity contribution in [3.8, 4) is 0 Å². The van der Waals surface area contributed by atoms with E-state index >= 15 is 0 Å². The van der Waals surface area contributed by atoms with Crippen molar-refractivity contribution in [3.05, 3.63) is 58.3 Å². The number of hydrogen-bond acceptors (Lipinski definition) is 3. The van der Waals surface area contributed by atoms with E-state index in [2.05, 4.69) is 21.2 Å². The molecule has 2 aromatic carbocycles. The Kier molecular flexibility index (Phi) is 4.40. The molecule has 2 rings (SSSR count). The molecule has 0 aromatic heterocycles. The van der Waals surface area contributed by atoms with Crippen molar-refractivity contribution in [2.75, 3.05) is 5.32 Å². The minimum atomic E-state index is -3.84. The molecule has 0 aliphatic carbocycles. The number of halogens is 2. The minimum absolute atomic E-state index is 0.0812. The van der Waals surface area contributed by atoms with E-state index < -0.39 is 21.7 Å². The van der Waals surface area contributed by atoms with E-state index in [0.717, 1.165) is 0 Å². The van der Waals surface area contributed by atoms with E-state index in [1.54, 1.807) is 0 Å². The summed E-state index contributed by atoms with van der Waals surface area (Å²) in [7, 11) is -3.84. The smallest absolute Gasteiger partial charge is 0.255 e. The molecule has 5 nitrogen and oxygen atoms in total. The van der Waals surface area contributed by atoms with Crippen LogP contribution in [0.4, 0.5) is 10.1 Å². The second-order valence-corrected chi connectivity index (χ2v) is 6.54. The predicted octanol–water partition coefficient (Wildman–Crippen LogP) is 2.49. The highest BCUT2D eigenvalue weighted by Crippen LogP contribution is 2.24. The van der Waals surface area contributed by atoms with Gasteiger partial charge in [0.05, 0.1) is 4.90 Å². The monoisotopic (exact) mass is 372 g/mol. The Bertz CT molecular complexity index is 792. The van der Waals surface area contributed by atoms with Gasteiger partial charge in [-0.2, -0.15) is 0 Å². The van der Waals surface area contributed by atoms with Gasteiger partial charge in [-0.15, -0.1) is 0 Å². The molecule has 2 aromatic rings. The average molecular weight is 373 g/mol. The number of rotatable bonds is 3. The molecule has 0 saturated heterocycles. The first-order valence-corrected chi connectivity index (χ1v) is 8.00. The zero-order valence-corrected chi connectivity index (χ0v) is 12.9. The first-order chi connectivity index (χ1) is 9.77. The standard InChI is InChI=1S/C13H10BrFN2O3S/c14-11-7-10(5-6-12(11)21(16,19)20)17-13(18)8-1-3-9(15)4-2-8/h1-7H,(H,17,18)(H2,16,19,20). The van der Waals surface area contributed by atoms with Crippen molar-refractivity contribution in [2.24, 2.45) is 5.14 Å². The Morgan fingerprint density at radius 1 is 1.14 bits per heavy atom. The van der Waals surface area contributed by atoms with Crippen molar-refractivity contribution in [3.63, 3.8) is 0 Å². The van der Waals surface area contributed by atoms with Crippen molar-refractivity contribution in [1.82, 2.24) is 0 Å². The SMILES string of the molecule is NS(=O)(=O)c1ccc(NC(=O)c2ccc(F)cc2)cc1Br. The molecule has 0 fully saturated rings. The maximum atomic E-state index is 12.8. The third-order valence-corrected chi connectivity index (χ3v) is 4.49. The summed E-state index contributed by atoms with van der Waals surface area (Å²) in [5, 5.41) is 7.60. The summed E-state index contributed by atoms with van der Waals surface area (Å²) in [5.74, 6) is -0.878. The van der Waals surface area contributed by atoms with Crippen LogP contribution in [-0.4, -0.2) is 14.3 Å². The summed E-state index contributed by atoms with van der Waals surface area (Å²) in [4.78, 5) is 11.8. The van der Waals surface area contributed by atoms with Gasteiger partial charge in [0.15, 0.2) is 0 Å². The highest BCUT2D eigenvalue weighted by molar-refractivity contribution is 9.10. The summed E-state index contributed by atoms with van der Waals surface area (Å²) < 4.78 is 35.5. The van der Waals surface area contributed by atoms with Crippen LogP contribution >= 0.6 is 15.9 Å². The van der Waals surface area contributed by atoms with Gasteiger partial charge in [0, 0.05) is 15.7 Å². The number of hydrogen-bond donors (Lipinski definition) is 2. The van der Waals surface area contributed by atoms with Crippen molar-refractivity contribution in [1.29, 1.82) is 0 Å². The molecule has 1 amide bonds. The minimum Gasteiger partial charge on any atom is -0.322 e. The zero-order chi connectivity index (χ0) is 15.6. The molecule has 0 unspecified atom stereocenters. The van der Waals surface area contributed by atoms with Crippen LogP contribution in [-0.2, 0) is 10.0 Å². The molecule has 0 aliphatic rings. The van der Waals surface area contributed by atoms with Crippen LogP contribution in [0.25, 0.3) is 0 Å². The van der Waals surface area contributed by atoms with Gasteiger partial charge in [-0.05, 0) is 58.4 Å². The molecule has 0 radical (unpaired) electrons. The van der Waals surface area contributed by atoms with Gasteiger partial charge < -0.3 is 5.32 Å². The second kappa shape index (κ2) is 5.92. The molecule has 0 atom stereocenters. The lowest BCUT2D eigenvalue weighted by molar-refractivity contribution is 0.102. The predicted molar refractivity (Wildman–Crippen MR) is 79.9 cm³/mol. The largest absolute Gasteiger partial charge is 0.322 e. The third-order valence-electron chi connectivity index (χ3n) is 2.60. The summed E-state index contributed by atoms with van der Waals surface area (Å²) in [6, 6.07) is 9.15. The Labute approximate surface area is 129 Å². The fourth-order valence-electron chi connectivity index (χ4n) is 1.61. The number of benzene rings is 2. The lowest BCUT2D eigenvalue weighted by atomic mass is 10.2. The van der Waals surface area contributed by atoms with Crippen LogP contribution in [0.3, 0.4) is 0 Å². The molecule has 0 spiro atoms. The molecule has 110 valence electrons. The number of amides is 1. The Morgan fingerprint density at radius 2 is 1.76 bits per heavy atom. The number of anilines is 1. The van der Waals surface area contributed by atoms with E-state index in [-0.39, 0.29) is 14.9 Å². The van der Waals surface area contributed by atoms with Crippen molar-refractivity contribution in [2.45, 2.75) is 4.90 Å². The number of nitrogens with two attached hydrogens (primary N) is 1. The number of carbonyl (C=O) groups is 1. The zero-order valence-electron chi connectivity index (χ0n) is 10.5. The number of carbonyl (C=O) groups excluding carboxylic acids is 1. The van der Waals surface area contributed by atoms with Crippen LogP contribution < -0.4 is 10.5 Å². The Balaban J connectivity index is 2.22. The van der Waals surface area contributed by atoms with Gasteiger partial charge >= 0.3 is 0 Å². The van der Waals surface area contributed by atoms with E-state index in [4.69, 9.17) is 5.14 Å². The Hall–Kier alpha value is -1.77. The van der Waals surface area contributed by atoms with E-state index in [0.29, 0.717) is 5.69 Å². The highest BCUT2D eigenvalue weighted by Gasteiger charge is 2.14. The molecular formula is C13H10BrFN2O3S. The first kappa shape index (κ1) is 15.6. The molecule has 0 heterocycles. The molecular weight excluding hydrogens is 363 g/mol.